The van der Waals surface area contributed by atoms with Gasteiger partial charge in [0.1, 0.15) is 11.7 Å². The van der Waals surface area contributed by atoms with Gasteiger partial charge in [-0.15, -0.1) is 0 Å². The Bertz CT molecular complexity index is 453. The van der Waals surface area contributed by atoms with Crippen molar-refractivity contribution >= 4 is 17.4 Å². The van der Waals surface area contributed by atoms with E-state index in [0.29, 0.717) is 12.8 Å². The molecule has 0 heterocycles. The van der Waals surface area contributed by atoms with E-state index in [1.165, 1.54) is 18.2 Å². The molecule has 1 aromatic carbocycles. The average molecular weight is 254 g/mol. The van der Waals surface area contributed by atoms with Crippen LogP contribution in [0.4, 0.5) is 4.39 Å². The fourth-order valence-electron chi connectivity index (χ4n) is 1.55. The van der Waals surface area contributed by atoms with Crippen molar-refractivity contribution in [2.75, 3.05) is 0 Å². The first-order chi connectivity index (χ1) is 8.11. The van der Waals surface area contributed by atoms with Crippen molar-refractivity contribution in [2.45, 2.75) is 32.1 Å². The molecule has 0 amide bonds. The molecule has 17 heavy (non-hydrogen) atoms. The minimum Gasteiger partial charge on any atom is -0.298 e. The highest BCUT2D eigenvalue weighted by molar-refractivity contribution is 6.30. The van der Waals surface area contributed by atoms with E-state index in [2.05, 4.69) is 0 Å². The molecular formula is C13H13ClFNO. The predicted octanol–water partition coefficient (Wildman–Crippen LogP) is 3.85. The Morgan fingerprint density at radius 1 is 1.59 bits per heavy atom. The second-order valence-electron chi connectivity index (χ2n) is 3.78. The molecule has 0 saturated heterocycles. The summed E-state index contributed by atoms with van der Waals surface area (Å²) in [5.74, 6) is -1.98. The van der Waals surface area contributed by atoms with Crippen LogP contribution in [-0.4, -0.2) is 5.78 Å². The fourth-order valence-corrected chi connectivity index (χ4v) is 1.74. The molecule has 90 valence electrons. The summed E-state index contributed by atoms with van der Waals surface area (Å²) in [6, 6.07) is 6.21. The summed E-state index contributed by atoms with van der Waals surface area (Å²) in [5, 5.41) is 8.92. The van der Waals surface area contributed by atoms with Crippen LogP contribution in [0.15, 0.2) is 18.2 Å². The molecular weight excluding hydrogens is 241 g/mol. The largest absolute Gasteiger partial charge is 0.298 e. The number of carbonyl (C=O) groups excluding carboxylic acids is 1. The highest BCUT2D eigenvalue weighted by atomic mass is 35.5. The van der Waals surface area contributed by atoms with Gasteiger partial charge < -0.3 is 0 Å². The summed E-state index contributed by atoms with van der Waals surface area (Å²) in [6.07, 6.45) is 1.86. The van der Waals surface area contributed by atoms with Crippen molar-refractivity contribution < 1.29 is 9.18 Å². The molecule has 0 N–H and O–H groups in total. The van der Waals surface area contributed by atoms with Crippen molar-refractivity contribution in [3.8, 4) is 6.07 Å². The quantitative estimate of drug-likeness (QED) is 0.800. The molecule has 0 aliphatic rings. The number of carbonyl (C=O) groups is 1. The number of halogens is 2. The molecule has 0 fully saturated rings. The monoisotopic (exact) mass is 253 g/mol. The minimum atomic E-state index is -1.06. The smallest absolute Gasteiger partial charge is 0.154 e. The predicted molar refractivity (Wildman–Crippen MR) is 64.3 cm³/mol. The molecule has 0 bridgehead atoms. The molecule has 1 atom stereocenters. The number of benzene rings is 1. The van der Waals surface area contributed by atoms with Gasteiger partial charge in [-0.25, -0.2) is 4.39 Å². The Balaban J connectivity index is 2.99. The van der Waals surface area contributed by atoms with Gasteiger partial charge in [0, 0.05) is 12.0 Å². The molecule has 0 aliphatic heterocycles. The standard InChI is InChI=1S/C13H13ClFNO/c1-2-3-7-12(17)10(8-16)9-5-4-6-11(14)13(9)15/h4-6,10H,2-3,7H2,1H3. The number of ketones is 1. The first-order valence-electron chi connectivity index (χ1n) is 5.48. The zero-order chi connectivity index (χ0) is 12.8. The maximum atomic E-state index is 13.7. The maximum Gasteiger partial charge on any atom is 0.154 e. The number of Topliss-reactive ketones (excluding diaryl/α,β-unsaturated/α-hetero) is 1. The van der Waals surface area contributed by atoms with Crippen LogP contribution in [0.3, 0.4) is 0 Å². The Labute approximate surface area is 105 Å². The SMILES string of the molecule is CCCCC(=O)C(C#N)c1cccc(Cl)c1F. The van der Waals surface area contributed by atoms with E-state index in [1.54, 1.807) is 0 Å². The van der Waals surface area contributed by atoms with Crippen molar-refractivity contribution in [2.24, 2.45) is 0 Å². The molecule has 2 nitrogen and oxygen atoms in total. The lowest BCUT2D eigenvalue weighted by Crippen LogP contribution is -2.12. The second-order valence-corrected chi connectivity index (χ2v) is 4.18. The van der Waals surface area contributed by atoms with Gasteiger partial charge >= 0.3 is 0 Å². The van der Waals surface area contributed by atoms with Gasteiger partial charge in [0.05, 0.1) is 11.1 Å². The van der Waals surface area contributed by atoms with Crippen LogP contribution in [0.5, 0.6) is 0 Å². The average Bonchev–Trinajstić information content (AvgIpc) is 2.32. The second kappa shape index (κ2) is 6.36. The molecule has 0 spiro atoms. The van der Waals surface area contributed by atoms with Gasteiger partial charge in [0.25, 0.3) is 0 Å². The van der Waals surface area contributed by atoms with Crippen LogP contribution < -0.4 is 0 Å². The van der Waals surface area contributed by atoms with Crippen LogP contribution in [0.2, 0.25) is 5.02 Å². The van der Waals surface area contributed by atoms with Crippen molar-refractivity contribution in [3.63, 3.8) is 0 Å². The summed E-state index contributed by atoms with van der Waals surface area (Å²) in [4.78, 5) is 11.8. The molecule has 1 rings (SSSR count). The summed E-state index contributed by atoms with van der Waals surface area (Å²) < 4.78 is 13.7. The molecule has 1 aromatic rings. The molecule has 0 radical (unpaired) electrons. The lowest BCUT2D eigenvalue weighted by Gasteiger charge is -2.10. The Morgan fingerprint density at radius 3 is 2.88 bits per heavy atom. The lowest BCUT2D eigenvalue weighted by molar-refractivity contribution is -0.119. The zero-order valence-electron chi connectivity index (χ0n) is 9.54. The van der Waals surface area contributed by atoms with Crippen molar-refractivity contribution in [1.29, 1.82) is 5.26 Å². The van der Waals surface area contributed by atoms with Gasteiger partial charge in [0.15, 0.2) is 5.78 Å². The number of nitrogens with zero attached hydrogens (tertiary/aromatic N) is 1. The lowest BCUT2D eigenvalue weighted by atomic mass is 9.93. The highest BCUT2D eigenvalue weighted by Crippen LogP contribution is 2.26. The molecule has 0 aliphatic carbocycles. The van der Waals surface area contributed by atoms with Gasteiger partial charge in [-0.3, -0.25) is 4.79 Å². The molecule has 0 saturated carbocycles. The molecule has 1 unspecified atom stereocenters. The summed E-state index contributed by atoms with van der Waals surface area (Å²) in [5.41, 5.74) is 0.0705. The molecule has 0 aromatic heterocycles. The van der Waals surface area contributed by atoms with Gasteiger partial charge in [0.2, 0.25) is 0 Å². The number of hydrogen-bond donors (Lipinski definition) is 0. The van der Waals surface area contributed by atoms with Crippen LogP contribution in [-0.2, 0) is 4.79 Å². The topological polar surface area (TPSA) is 40.9 Å². The van der Waals surface area contributed by atoms with Gasteiger partial charge in [-0.05, 0) is 12.5 Å². The Kier molecular flexibility index (Phi) is 5.11. The number of nitriles is 1. The first-order valence-corrected chi connectivity index (χ1v) is 5.85. The van der Waals surface area contributed by atoms with Crippen LogP contribution in [0.25, 0.3) is 0 Å². The van der Waals surface area contributed by atoms with Crippen molar-refractivity contribution in [3.05, 3.63) is 34.6 Å². The third-order valence-electron chi connectivity index (χ3n) is 2.52. The maximum absolute atomic E-state index is 13.7. The van der Waals surface area contributed by atoms with E-state index in [9.17, 15) is 9.18 Å². The van der Waals surface area contributed by atoms with E-state index in [1.807, 2.05) is 13.0 Å². The fraction of sp³-hybridized carbons (Fsp3) is 0.385. The summed E-state index contributed by atoms with van der Waals surface area (Å²) in [7, 11) is 0. The minimum absolute atomic E-state index is 0.0639. The summed E-state index contributed by atoms with van der Waals surface area (Å²) in [6.45, 7) is 1.95. The van der Waals surface area contributed by atoms with E-state index in [-0.39, 0.29) is 16.4 Å². The van der Waals surface area contributed by atoms with E-state index >= 15 is 0 Å². The van der Waals surface area contributed by atoms with E-state index in [4.69, 9.17) is 16.9 Å². The molecule has 4 heteroatoms. The van der Waals surface area contributed by atoms with Gasteiger partial charge in [-0.1, -0.05) is 37.1 Å². The number of hydrogen-bond acceptors (Lipinski definition) is 2. The normalized spacial score (nSPS) is 11.9. The van der Waals surface area contributed by atoms with E-state index < -0.39 is 11.7 Å². The highest BCUT2D eigenvalue weighted by Gasteiger charge is 2.23. The van der Waals surface area contributed by atoms with E-state index in [0.717, 1.165) is 6.42 Å². The Morgan fingerprint density at radius 2 is 2.29 bits per heavy atom. The van der Waals surface area contributed by atoms with Crippen LogP contribution >= 0.6 is 11.6 Å². The third-order valence-corrected chi connectivity index (χ3v) is 2.81. The number of unbranched alkanes of at least 4 members (excludes halogenated alkanes) is 1. The van der Waals surface area contributed by atoms with Crippen molar-refractivity contribution in [1.82, 2.24) is 0 Å². The third kappa shape index (κ3) is 3.28. The number of rotatable bonds is 5. The van der Waals surface area contributed by atoms with Crippen LogP contribution in [0.1, 0.15) is 37.7 Å². The first kappa shape index (κ1) is 13.7. The summed E-state index contributed by atoms with van der Waals surface area (Å²) >= 11 is 5.63. The Hall–Kier alpha value is -1.40. The van der Waals surface area contributed by atoms with Gasteiger partial charge in [-0.2, -0.15) is 5.26 Å². The zero-order valence-corrected chi connectivity index (χ0v) is 10.3. The van der Waals surface area contributed by atoms with Crippen LogP contribution in [0, 0.1) is 17.1 Å².